The number of carbonyl (C=O) groups excluding carboxylic acids is 1. The summed E-state index contributed by atoms with van der Waals surface area (Å²) >= 11 is 0. The van der Waals surface area contributed by atoms with Gasteiger partial charge in [0.15, 0.2) is 11.5 Å². The molecule has 1 aromatic rings. The molecule has 0 amide bonds. The van der Waals surface area contributed by atoms with Crippen molar-refractivity contribution in [3.63, 3.8) is 0 Å². The second kappa shape index (κ2) is 6.76. The van der Waals surface area contributed by atoms with Crippen molar-refractivity contribution in [2.24, 2.45) is 5.73 Å². The number of benzene rings is 1. The molecule has 0 heterocycles. The maximum Gasteiger partial charge on any atom is 0.321 e. The molecular weight excluding hydrogens is 266 g/mol. The second-order valence-electron chi connectivity index (χ2n) is 4.35. The number of esters is 1. The Hall–Kier alpha value is -2.28. The molecule has 110 valence electrons. The Morgan fingerprint density at radius 3 is 2.45 bits per heavy atom. The van der Waals surface area contributed by atoms with Gasteiger partial charge >= 0.3 is 11.9 Å². The van der Waals surface area contributed by atoms with Crippen molar-refractivity contribution in [3.05, 3.63) is 23.8 Å². The largest absolute Gasteiger partial charge is 0.504 e. The predicted octanol–water partition coefficient (Wildman–Crippen LogP) is 0.547. The zero-order valence-electron chi connectivity index (χ0n) is 10.9. The summed E-state index contributed by atoms with van der Waals surface area (Å²) < 4.78 is 4.78. The van der Waals surface area contributed by atoms with Gasteiger partial charge in [-0.1, -0.05) is 6.07 Å². The summed E-state index contributed by atoms with van der Waals surface area (Å²) in [5, 5.41) is 27.7. The fraction of sp³-hybridized carbons (Fsp3) is 0.385. The second-order valence-corrected chi connectivity index (χ2v) is 4.35. The van der Waals surface area contributed by atoms with E-state index in [2.05, 4.69) is 0 Å². The Bertz CT molecular complexity index is 502. The minimum atomic E-state index is -1.21. The molecule has 5 N–H and O–H groups in total. The average Bonchev–Trinajstić information content (AvgIpc) is 2.37. The van der Waals surface area contributed by atoms with Crippen molar-refractivity contribution in [1.82, 2.24) is 0 Å². The lowest BCUT2D eigenvalue weighted by Gasteiger charge is -2.21. The predicted molar refractivity (Wildman–Crippen MR) is 69.4 cm³/mol. The minimum Gasteiger partial charge on any atom is -0.504 e. The molecule has 0 radical (unpaired) electrons. The van der Waals surface area contributed by atoms with Gasteiger partial charge in [0.25, 0.3) is 0 Å². The topological polar surface area (TPSA) is 130 Å². The van der Waals surface area contributed by atoms with E-state index in [1.807, 2.05) is 0 Å². The number of aromatic hydroxyl groups is 2. The molecule has 0 aromatic heterocycles. The smallest absolute Gasteiger partial charge is 0.321 e. The highest BCUT2D eigenvalue weighted by Crippen LogP contribution is 2.31. The fourth-order valence-corrected chi connectivity index (χ4v) is 1.83. The molecule has 20 heavy (non-hydrogen) atoms. The van der Waals surface area contributed by atoms with E-state index in [1.54, 1.807) is 0 Å². The molecule has 0 spiro atoms. The van der Waals surface area contributed by atoms with Gasteiger partial charge in [0, 0.05) is 12.8 Å². The summed E-state index contributed by atoms with van der Waals surface area (Å²) in [5.74, 6) is -3.00. The number of nitrogens with two attached hydrogens (primary N) is 1. The van der Waals surface area contributed by atoms with E-state index in [0.717, 1.165) is 0 Å². The number of carbonyl (C=O) groups is 2. The monoisotopic (exact) mass is 283 g/mol. The van der Waals surface area contributed by atoms with Gasteiger partial charge in [-0.25, -0.2) is 0 Å². The number of hydrogen-bond acceptors (Lipinski definition) is 6. The number of carboxylic acid groups (broad SMARTS) is 1. The highest BCUT2D eigenvalue weighted by atomic mass is 16.5. The first kappa shape index (κ1) is 15.8. The Morgan fingerprint density at radius 1 is 1.30 bits per heavy atom. The van der Waals surface area contributed by atoms with Crippen LogP contribution >= 0.6 is 0 Å². The van der Waals surface area contributed by atoms with Crippen LogP contribution in [-0.2, 0) is 14.3 Å². The van der Waals surface area contributed by atoms with Crippen molar-refractivity contribution >= 4 is 11.9 Å². The third kappa shape index (κ3) is 4.13. The van der Waals surface area contributed by atoms with Crippen molar-refractivity contribution in [1.29, 1.82) is 0 Å². The first-order chi connectivity index (χ1) is 9.32. The molecule has 1 aromatic carbocycles. The third-order valence-electron chi connectivity index (χ3n) is 2.88. The number of aliphatic carboxylic acids is 1. The zero-order valence-corrected chi connectivity index (χ0v) is 10.9. The van der Waals surface area contributed by atoms with Crippen molar-refractivity contribution in [2.75, 3.05) is 6.61 Å². The first-order valence-corrected chi connectivity index (χ1v) is 5.96. The number of hydrogen-bond donors (Lipinski definition) is 4. The van der Waals surface area contributed by atoms with Crippen LogP contribution in [-0.4, -0.2) is 39.9 Å². The molecule has 0 aliphatic heterocycles. The van der Waals surface area contributed by atoms with E-state index in [4.69, 9.17) is 15.6 Å². The van der Waals surface area contributed by atoms with Crippen LogP contribution in [0.4, 0.5) is 0 Å². The normalized spacial score (nSPS) is 13.5. The molecule has 7 nitrogen and oxygen atoms in total. The summed E-state index contributed by atoms with van der Waals surface area (Å²) in [6.07, 6.45) is 0.192. The Labute approximate surface area is 115 Å². The highest BCUT2D eigenvalue weighted by molar-refractivity contribution is 5.74. The molecule has 0 fully saturated rings. The van der Waals surface area contributed by atoms with Crippen molar-refractivity contribution in [2.45, 2.75) is 25.3 Å². The number of rotatable bonds is 6. The Kier molecular flexibility index (Phi) is 5.33. The van der Waals surface area contributed by atoms with Crippen LogP contribution in [0.15, 0.2) is 18.2 Å². The standard InChI is InChI=1S/C13H17NO6/c1-7(15)20-5-4-9(12(14)13(18)19)8-2-3-10(16)11(17)6-8/h2-3,6,9,12,16-17H,4-5,14H2,1H3,(H,18,19)/t9?,12-/m0/s1. The van der Waals surface area contributed by atoms with E-state index < -0.39 is 23.9 Å². The van der Waals surface area contributed by atoms with Gasteiger partial charge in [0.05, 0.1) is 6.61 Å². The molecular formula is C13H17NO6. The maximum absolute atomic E-state index is 11.0. The summed E-state index contributed by atoms with van der Waals surface area (Å²) in [4.78, 5) is 21.7. The highest BCUT2D eigenvalue weighted by Gasteiger charge is 2.26. The van der Waals surface area contributed by atoms with Crippen LogP contribution in [0.2, 0.25) is 0 Å². The molecule has 2 atom stereocenters. The van der Waals surface area contributed by atoms with Crippen LogP contribution in [0.5, 0.6) is 11.5 Å². The molecule has 7 heteroatoms. The summed E-state index contributed by atoms with van der Waals surface area (Å²) in [5.41, 5.74) is 6.06. The van der Waals surface area contributed by atoms with Crippen molar-refractivity contribution < 1.29 is 29.6 Å². The summed E-state index contributed by atoms with van der Waals surface area (Å²) in [6, 6.07) is 2.75. The van der Waals surface area contributed by atoms with Gasteiger partial charge < -0.3 is 25.8 Å². The number of ether oxygens (including phenoxy) is 1. The van der Waals surface area contributed by atoms with Crippen LogP contribution in [0.25, 0.3) is 0 Å². The van der Waals surface area contributed by atoms with E-state index in [1.165, 1.54) is 25.1 Å². The SMILES string of the molecule is CC(=O)OCCC(c1ccc(O)c(O)c1)[C@H](N)C(=O)O. The fourth-order valence-electron chi connectivity index (χ4n) is 1.83. The van der Waals surface area contributed by atoms with Gasteiger partial charge in [-0.05, 0) is 24.1 Å². The van der Waals surface area contributed by atoms with E-state index >= 15 is 0 Å². The first-order valence-electron chi connectivity index (χ1n) is 5.96. The molecule has 1 unspecified atom stereocenters. The molecule has 0 saturated carbocycles. The molecule has 0 aliphatic rings. The van der Waals surface area contributed by atoms with E-state index in [0.29, 0.717) is 5.56 Å². The lowest BCUT2D eigenvalue weighted by molar-refractivity contribution is -0.141. The van der Waals surface area contributed by atoms with Crippen LogP contribution in [0.3, 0.4) is 0 Å². The van der Waals surface area contributed by atoms with Gasteiger partial charge in [-0.2, -0.15) is 0 Å². The number of carboxylic acids is 1. The maximum atomic E-state index is 11.0. The van der Waals surface area contributed by atoms with Crippen LogP contribution in [0, 0.1) is 0 Å². The van der Waals surface area contributed by atoms with Gasteiger partial charge in [-0.15, -0.1) is 0 Å². The van der Waals surface area contributed by atoms with Crippen molar-refractivity contribution in [3.8, 4) is 11.5 Å². The summed E-state index contributed by atoms with van der Waals surface area (Å²) in [7, 11) is 0. The van der Waals surface area contributed by atoms with E-state index in [9.17, 15) is 19.8 Å². The third-order valence-corrected chi connectivity index (χ3v) is 2.88. The number of phenols is 2. The Morgan fingerprint density at radius 2 is 1.95 bits per heavy atom. The summed E-state index contributed by atoms with van der Waals surface area (Å²) in [6.45, 7) is 1.27. The quantitative estimate of drug-likeness (QED) is 0.443. The minimum absolute atomic E-state index is 0.0165. The average molecular weight is 283 g/mol. The molecule has 1 rings (SSSR count). The van der Waals surface area contributed by atoms with Gasteiger partial charge in [-0.3, -0.25) is 9.59 Å². The molecule has 0 aliphatic carbocycles. The lowest BCUT2D eigenvalue weighted by atomic mass is 9.89. The van der Waals surface area contributed by atoms with Gasteiger partial charge in [0.1, 0.15) is 6.04 Å². The molecule has 0 bridgehead atoms. The van der Waals surface area contributed by atoms with Crippen LogP contribution in [0.1, 0.15) is 24.8 Å². The van der Waals surface area contributed by atoms with Crippen LogP contribution < -0.4 is 5.73 Å². The zero-order chi connectivity index (χ0) is 15.3. The number of phenolic OH excluding ortho intramolecular Hbond substituents is 2. The Balaban J connectivity index is 2.93. The van der Waals surface area contributed by atoms with E-state index in [-0.39, 0.29) is 24.5 Å². The van der Waals surface area contributed by atoms with Gasteiger partial charge in [0.2, 0.25) is 0 Å². The molecule has 0 saturated heterocycles. The lowest BCUT2D eigenvalue weighted by Crippen LogP contribution is -2.37.